The number of aromatic nitrogens is 2. The lowest BCUT2D eigenvalue weighted by molar-refractivity contribution is 0.161. The molecule has 0 N–H and O–H groups in total. The lowest BCUT2D eigenvalue weighted by Gasteiger charge is -2.24. The van der Waals surface area contributed by atoms with Crippen LogP contribution in [0.3, 0.4) is 0 Å². The summed E-state index contributed by atoms with van der Waals surface area (Å²) in [6.45, 7) is 6.18. The van der Waals surface area contributed by atoms with Crippen LogP contribution in [0.2, 0.25) is 0 Å². The van der Waals surface area contributed by atoms with Gasteiger partial charge in [0.25, 0.3) is 0 Å². The third-order valence-electron chi connectivity index (χ3n) is 4.97. The molecular formula is C19H25N3O. The molecule has 4 heteroatoms. The first-order valence-electron chi connectivity index (χ1n) is 8.72. The number of rotatable bonds is 6. The second-order valence-electron chi connectivity index (χ2n) is 6.91. The molecule has 1 aliphatic heterocycles. The SMILES string of the molecule is Cc1nn(-c2ccccc2)cc1CN(C[C@@H]1CCOC1)C1CC1. The summed E-state index contributed by atoms with van der Waals surface area (Å²) in [5, 5.41) is 4.71. The topological polar surface area (TPSA) is 30.3 Å². The van der Waals surface area contributed by atoms with Crippen LogP contribution in [-0.4, -0.2) is 40.5 Å². The van der Waals surface area contributed by atoms with Gasteiger partial charge < -0.3 is 4.74 Å². The average Bonchev–Trinajstić information content (AvgIpc) is 3.18. The van der Waals surface area contributed by atoms with E-state index >= 15 is 0 Å². The van der Waals surface area contributed by atoms with E-state index in [9.17, 15) is 0 Å². The molecule has 1 atom stereocenters. The lowest BCUT2D eigenvalue weighted by Crippen LogP contribution is -2.31. The minimum Gasteiger partial charge on any atom is -0.381 e. The van der Waals surface area contributed by atoms with Crippen LogP contribution in [0.4, 0.5) is 0 Å². The summed E-state index contributed by atoms with van der Waals surface area (Å²) in [5.74, 6) is 0.708. The molecule has 1 aromatic carbocycles. The van der Waals surface area contributed by atoms with Crippen molar-refractivity contribution in [3.8, 4) is 5.69 Å². The fourth-order valence-corrected chi connectivity index (χ4v) is 3.42. The van der Waals surface area contributed by atoms with Crippen molar-refractivity contribution in [1.29, 1.82) is 0 Å². The van der Waals surface area contributed by atoms with Gasteiger partial charge in [-0.3, -0.25) is 4.90 Å². The first-order valence-corrected chi connectivity index (χ1v) is 8.72. The standard InChI is InChI=1S/C19H25N3O/c1-15-17(13-22(20-15)19-5-3-2-4-6-19)12-21(18-7-8-18)11-16-9-10-23-14-16/h2-6,13,16,18H,7-12,14H2,1H3/t16-/m0/s1. The largest absolute Gasteiger partial charge is 0.381 e. The van der Waals surface area contributed by atoms with E-state index in [2.05, 4.69) is 42.3 Å². The van der Waals surface area contributed by atoms with Gasteiger partial charge in [-0.05, 0) is 44.2 Å². The van der Waals surface area contributed by atoms with E-state index in [1.807, 2.05) is 10.7 Å². The molecule has 0 amide bonds. The van der Waals surface area contributed by atoms with Crippen molar-refractivity contribution in [3.05, 3.63) is 47.8 Å². The third kappa shape index (κ3) is 3.48. The van der Waals surface area contributed by atoms with Crippen LogP contribution in [0.5, 0.6) is 0 Å². The van der Waals surface area contributed by atoms with Crippen molar-refractivity contribution < 1.29 is 4.74 Å². The van der Waals surface area contributed by atoms with Crippen molar-refractivity contribution in [3.63, 3.8) is 0 Å². The van der Waals surface area contributed by atoms with Gasteiger partial charge in [-0.25, -0.2) is 4.68 Å². The molecule has 23 heavy (non-hydrogen) atoms. The Morgan fingerprint density at radius 2 is 2.04 bits per heavy atom. The molecule has 1 saturated carbocycles. The Morgan fingerprint density at radius 1 is 1.22 bits per heavy atom. The first kappa shape index (κ1) is 14.9. The summed E-state index contributed by atoms with van der Waals surface area (Å²) in [5.41, 5.74) is 3.62. The zero-order valence-electron chi connectivity index (χ0n) is 13.8. The molecule has 0 bridgehead atoms. The van der Waals surface area contributed by atoms with Gasteiger partial charge in [-0.15, -0.1) is 0 Å². The lowest BCUT2D eigenvalue weighted by atomic mass is 10.1. The Kier molecular flexibility index (Phi) is 4.19. The molecule has 0 radical (unpaired) electrons. The molecule has 2 aliphatic rings. The Balaban J connectivity index is 1.49. The van der Waals surface area contributed by atoms with Gasteiger partial charge in [0.1, 0.15) is 0 Å². The predicted octanol–water partition coefficient (Wildman–Crippen LogP) is 3.18. The van der Waals surface area contributed by atoms with Crippen LogP contribution in [-0.2, 0) is 11.3 Å². The molecule has 2 aromatic rings. The number of aryl methyl sites for hydroxylation is 1. The van der Waals surface area contributed by atoms with E-state index in [1.165, 1.54) is 31.4 Å². The van der Waals surface area contributed by atoms with Crippen molar-refractivity contribution in [2.45, 2.75) is 38.8 Å². The summed E-state index contributed by atoms with van der Waals surface area (Å²) < 4.78 is 7.56. The van der Waals surface area contributed by atoms with Gasteiger partial charge in [0.2, 0.25) is 0 Å². The summed E-state index contributed by atoms with van der Waals surface area (Å²) in [6.07, 6.45) is 6.11. The van der Waals surface area contributed by atoms with E-state index in [0.717, 1.165) is 37.2 Å². The highest BCUT2D eigenvalue weighted by atomic mass is 16.5. The minimum absolute atomic E-state index is 0.708. The maximum atomic E-state index is 5.55. The first-order chi connectivity index (χ1) is 11.3. The van der Waals surface area contributed by atoms with Gasteiger partial charge in [0.05, 0.1) is 18.0 Å². The van der Waals surface area contributed by atoms with Crippen molar-refractivity contribution >= 4 is 0 Å². The second kappa shape index (κ2) is 6.46. The average molecular weight is 311 g/mol. The fraction of sp³-hybridized carbons (Fsp3) is 0.526. The number of hydrogen-bond donors (Lipinski definition) is 0. The van der Waals surface area contributed by atoms with Gasteiger partial charge in [0.15, 0.2) is 0 Å². The van der Waals surface area contributed by atoms with Crippen LogP contribution in [0.1, 0.15) is 30.5 Å². The van der Waals surface area contributed by atoms with Gasteiger partial charge in [-0.1, -0.05) is 18.2 Å². The second-order valence-corrected chi connectivity index (χ2v) is 6.91. The minimum atomic E-state index is 0.708. The van der Waals surface area contributed by atoms with E-state index in [4.69, 9.17) is 9.84 Å². The number of nitrogens with zero attached hydrogens (tertiary/aromatic N) is 3. The molecule has 0 unspecified atom stereocenters. The molecule has 122 valence electrons. The van der Waals surface area contributed by atoms with Crippen LogP contribution in [0, 0.1) is 12.8 Å². The predicted molar refractivity (Wildman–Crippen MR) is 90.7 cm³/mol. The zero-order chi connectivity index (χ0) is 15.6. The van der Waals surface area contributed by atoms with Crippen LogP contribution in [0.25, 0.3) is 5.69 Å². The van der Waals surface area contributed by atoms with Crippen molar-refractivity contribution in [1.82, 2.24) is 14.7 Å². The smallest absolute Gasteiger partial charge is 0.0645 e. The third-order valence-corrected chi connectivity index (χ3v) is 4.97. The number of para-hydroxylation sites is 1. The Hall–Kier alpha value is -1.65. The summed E-state index contributed by atoms with van der Waals surface area (Å²) in [6, 6.07) is 11.1. The molecule has 4 rings (SSSR count). The monoisotopic (exact) mass is 311 g/mol. The Bertz CT molecular complexity index is 642. The van der Waals surface area contributed by atoms with Crippen LogP contribution >= 0.6 is 0 Å². The summed E-state index contributed by atoms with van der Waals surface area (Å²) in [4.78, 5) is 2.65. The van der Waals surface area contributed by atoms with Crippen molar-refractivity contribution in [2.75, 3.05) is 19.8 Å². The Morgan fingerprint density at radius 3 is 2.74 bits per heavy atom. The summed E-state index contributed by atoms with van der Waals surface area (Å²) in [7, 11) is 0. The maximum Gasteiger partial charge on any atom is 0.0645 e. The molecular weight excluding hydrogens is 286 g/mol. The van der Waals surface area contributed by atoms with Gasteiger partial charge >= 0.3 is 0 Å². The van der Waals surface area contributed by atoms with Crippen LogP contribution in [0.15, 0.2) is 36.5 Å². The highest BCUT2D eigenvalue weighted by molar-refractivity contribution is 5.32. The van der Waals surface area contributed by atoms with E-state index < -0.39 is 0 Å². The molecule has 1 aromatic heterocycles. The van der Waals surface area contributed by atoms with Crippen molar-refractivity contribution in [2.24, 2.45) is 5.92 Å². The number of ether oxygens (including phenoxy) is 1. The fourth-order valence-electron chi connectivity index (χ4n) is 3.42. The number of benzene rings is 1. The zero-order valence-corrected chi connectivity index (χ0v) is 13.8. The van der Waals surface area contributed by atoms with E-state index in [1.54, 1.807) is 0 Å². The molecule has 0 spiro atoms. The highest BCUT2D eigenvalue weighted by Crippen LogP contribution is 2.30. The number of hydrogen-bond acceptors (Lipinski definition) is 3. The molecule has 2 fully saturated rings. The van der Waals surface area contributed by atoms with E-state index in [0.29, 0.717) is 5.92 Å². The van der Waals surface area contributed by atoms with Crippen LogP contribution < -0.4 is 0 Å². The summed E-state index contributed by atoms with van der Waals surface area (Å²) >= 11 is 0. The Labute approximate surface area is 138 Å². The highest BCUT2D eigenvalue weighted by Gasteiger charge is 2.32. The van der Waals surface area contributed by atoms with Gasteiger partial charge in [0, 0.05) is 37.5 Å². The molecule has 1 saturated heterocycles. The molecule has 2 heterocycles. The normalized spacial score (nSPS) is 21.2. The quantitative estimate of drug-likeness (QED) is 0.821. The maximum absolute atomic E-state index is 5.55. The van der Waals surface area contributed by atoms with Gasteiger partial charge in [-0.2, -0.15) is 5.10 Å². The molecule has 1 aliphatic carbocycles. The molecule has 4 nitrogen and oxygen atoms in total. The van der Waals surface area contributed by atoms with E-state index in [-0.39, 0.29) is 0 Å².